The van der Waals surface area contributed by atoms with E-state index in [0.717, 1.165) is 19.4 Å². The third-order valence-corrected chi connectivity index (χ3v) is 3.10. The SMILES string of the molecule is NC1CCCN(c2ncc(C(=O)O)cc2Cl)C1. The minimum atomic E-state index is -1.03. The molecule has 1 aliphatic rings. The quantitative estimate of drug-likeness (QED) is 0.834. The number of nitrogens with zero attached hydrogens (tertiary/aromatic N) is 2. The zero-order valence-electron chi connectivity index (χ0n) is 9.27. The van der Waals surface area contributed by atoms with Crippen LogP contribution in [-0.2, 0) is 0 Å². The molecule has 0 saturated carbocycles. The van der Waals surface area contributed by atoms with Gasteiger partial charge in [0, 0.05) is 25.3 Å². The molecule has 0 aliphatic carbocycles. The number of carboxylic acid groups (broad SMARTS) is 1. The van der Waals surface area contributed by atoms with Crippen LogP contribution in [-0.4, -0.2) is 35.2 Å². The molecule has 3 N–H and O–H groups in total. The van der Waals surface area contributed by atoms with Crippen molar-refractivity contribution in [2.24, 2.45) is 5.73 Å². The molecule has 1 aliphatic heterocycles. The molecule has 1 atom stereocenters. The topological polar surface area (TPSA) is 79.5 Å². The third kappa shape index (κ3) is 2.68. The lowest BCUT2D eigenvalue weighted by atomic mass is 10.1. The Morgan fingerprint density at radius 3 is 3.00 bits per heavy atom. The van der Waals surface area contributed by atoms with Crippen molar-refractivity contribution in [1.29, 1.82) is 0 Å². The molecule has 2 heterocycles. The second-order valence-electron chi connectivity index (χ2n) is 4.18. The fraction of sp³-hybridized carbons (Fsp3) is 0.455. The molecule has 1 unspecified atom stereocenters. The van der Waals surface area contributed by atoms with Crippen LogP contribution in [0.5, 0.6) is 0 Å². The minimum Gasteiger partial charge on any atom is -0.478 e. The van der Waals surface area contributed by atoms with Crippen molar-refractivity contribution in [3.63, 3.8) is 0 Å². The highest BCUT2D eigenvalue weighted by atomic mass is 35.5. The summed E-state index contributed by atoms with van der Waals surface area (Å²) in [5.41, 5.74) is 5.98. The van der Waals surface area contributed by atoms with E-state index < -0.39 is 5.97 Å². The summed E-state index contributed by atoms with van der Waals surface area (Å²) in [6, 6.07) is 1.55. The van der Waals surface area contributed by atoms with Crippen molar-refractivity contribution in [2.75, 3.05) is 18.0 Å². The van der Waals surface area contributed by atoms with Crippen LogP contribution in [0.15, 0.2) is 12.3 Å². The Hall–Kier alpha value is -1.33. The summed E-state index contributed by atoms with van der Waals surface area (Å²) in [4.78, 5) is 16.9. The zero-order valence-corrected chi connectivity index (χ0v) is 10.0. The average molecular weight is 256 g/mol. The highest BCUT2D eigenvalue weighted by Crippen LogP contribution is 2.26. The lowest BCUT2D eigenvalue weighted by molar-refractivity contribution is 0.0696. The Balaban J connectivity index is 2.23. The Labute approximate surface area is 104 Å². The van der Waals surface area contributed by atoms with Crippen LogP contribution in [0.2, 0.25) is 5.02 Å². The van der Waals surface area contributed by atoms with Gasteiger partial charge in [0.15, 0.2) is 0 Å². The molecule has 1 saturated heterocycles. The molecule has 1 aromatic heterocycles. The standard InChI is InChI=1S/C11H14ClN3O2/c12-9-4-7(11(16)17)5-14-10(9)15-3-1-2-8(13)6-15/h4-5,8H,1-3,6,13H2,(H,16,17). The second-order valence-corrected chi connectivity index (χ2v) is 4.59. The van der Waals surface area contributed by atoms with Crippen molar-refractivity contribution in [3.8, 4) is 0 Å². The van der Waals surface area contributed by atoms with Crippen LogP contribution in [0.3, 0.4) is 0 Å². The number of nitrogens with two attached hydrogens (primary N) is 1. The van der Waals surface area contributed by atoms with Crippen LogP contribution in [0, 0.1) is 0 Å². The number of piperidine rings is 1. The summed E-state index contributed by atoms with van der Waals surface area (Å²) in [7, 11) is 0. The lowest BCUT2D eigenvalue weighted by Gasteiger charge is -2.32. The molecular formula is C11H14ClN3O2. The first-order valence-corrected chi connectivity index (χ1v) is 5.85. The van der Waals surface area contributed by atoms with Gasteiger partial charge in [-0.3, -0.25) is 0 Å². The van der Waals surface area contributed by atoms with E-state index in [1.54, 1.807) is 0 Å². The van der Waals surface area contributed by atoms with Crippen LogP contribution in [0.25, 0.3) is 0 Å². The third-order valence-electron chi connectivity index (χ3n) is 2.83. The van der Waals surface area contributed by atoms with Crippen molar-refractivity contribution in [3.05, 3.63) is 22.8 Å². The highest BCUT2D eigenvalue weighted by molar-refractivity contribution is 6.33. The first-order chi connectivity index (χ1) is 8.08. The van der Waals surface area contributed by atoms with Crippen molar-refractivity contribution in [2.45, 2.75) is 18.9 Å². The smallest absolute Gasteiger partial charge is 0.337 e. The molecule has 0 aromatic carbocycles. The molecular weight excluding hydrogens is 242 g/mol. The number of anilines is 1. The normalized spacial score (nSPS) is 20.4. The molecule has 0 spiro atoms. The highest BCUT2D eigenvalue weighted by Gasteiger charge is 2.20. The second kappa shape index (κ2) is 4.89. The van der Waals surface area contributed by atoms with Gasteiger partial charge in [-0.25, -0.2) is 9.78 Å². The Morgan fingerprint density at radius 2 is 2.41 bits per heavy atom. The van der Waals surface area contributed by atoms with Crippen molar-refractivity contribution < 1.29 is 9.90 Å². The fourth-order valence-electron chi connectivity index (χ4n) is 1.98. The summed E-state index contributed by atoms with van der Waals surface area (Å²) in [6.45, 7) is 1.56. The first kappa shape index (κ1) is 12.1. The molecule has 5 nitrogen and oxygen atoms in total. The maximum absolute atomic E-state index is 10.8. The van der Waals surface area contributed by atoms with Gasteiger partial charge in [0.05, 0.1) is 10.6 Å². The van der Waals surface area contributed by atoms with E-state index in [-0.39, 0.29) is 11.6 Å². The van der Waals surface area contributed by atoms with Crippen LogP contribution < -0.4 is 10.6 Å². The predicted octanol–water partition coefficient (Wildman–Crippen LogP) is 1.36. The van der Waals surface area contributed by atoms with E-state index in [4.69, 9.17) is 22.4 Å². The summed E-state index contributed by atoms with van der Waals surface area (Å²) >= 11 is 6.05. The Bertz CT molecular complexity index is 439. The number of hydrogen-bond acceptors (Lipinski definition) is 4. The molecule has 6 heteroatoms. The van der Waals surface area contributed by atoms with Gasteiger partial charge < -0.3 is 15.7 Å². The van der Waals surface area contributed by atoms with Gasteiger partial charge in [0.2, 0.25) is 0 Å². The number of aromatic nitrogens is 1. The zero-order chi connectivity index (χ0) is 12.4. The predicted molar refractivity (Wildman–Crippen MR) is 65.6 cm³/mol. The number of rotatable bonds is 2. The van der Waals surface area contributed by atoms with E-state index in [0.29, 0.717) is 17.4 Å². The van der Waals surface area contributed by atoms with E-state index >= 15 is 0 Å². The molecule has 1 aromatic rings. The Kier molecular flexibility index (Phi) is 3.49. The first-order valence-electron chi connectivity index (χ1n) is 5.47. The van der Waals surface area contributed by atoms with Gasteiger partial charge >= 0.3 is 5.97 Å². The maximum atomic E-state index is 10.8. The number of carbonyl (C=O) groups is 1. The molecule has 0 amide bonds. The molecule has 17 heavy (non-hydrogen) atoms. The van der Waals surface area contributed by atoms with Crippen molar-refractivity contribution >= 4 is 23.4 Å². The average Bonchev–Trinajstić information content (AvgIpc) is 2.28. The van der Waals surface area contributed by atoms with Crippen LogP contribution >= 0.6 is 11.6 Å². The summed E-state index contributed by atoms with van der Waals surface area (Å²) < 4.78 is 0. The summed E-state index contributed by atoms with van der Waals surface area (Å²) in [5.74, 6) is -0.409. The van der Waals surface area contributed by atoms with Gasteiger partial charge in [0.25, 0.3) is 0 Å². The van der Waals surface area contributed by atoms with Gasteiger partial charge in [-0.15, -0.1) is 0 Å². The molecule has 0 bridgehead atoms. The number of halogens is 1. The number of pyridine rings is 1. The fourth-order valence-corrected chi connectivity index (χ4v) is 2.27. The van der Waals surface area contributed by atoms with Crippen molar-refractivity contribution in [1.82, 2.24) is 4.98 Å². The summed E-state index contributed by atoms with van der Waals surface area (Å²) in [5, 5.41) is 9.18. The van der Waals surface area contributed by atoms with Gasteiger partial charge in [-0.1, -0.05) is 11.6 Å². The molecule has 92 valence electrons. The maximum Gasteiger partial charge on any atom is 0.337 e. The van der Waals surface area contributed by atoms with Gasteiger partial charge in [0.1, 0.15) is 5.82 Å². The monoisotopic (exact) mass is 255 g/mol. The lowest BCUT2D eigenvalue weighted by Crippen LogP contribution is -2.43. The molecule has 2 rings (SSSR count). The van der Waals surface area contributed by atoms with E-state index in [9.17, 15) is 4.79 Å². The minimum absolute atomic E-state index is 0.0973. The molecule has 0 radical (unpaired) electrons. The van der Waals surface area contributed by atoms with E-state index in [1.807, 2.05) is 4.90 Å². The van der Waals surface area contributed by atoms with E-state index in [1.165, 1.54) is 12.3 Å². The Morgan fingerprint density at radius 1 is 1.65 bits per heavy atom. The number of hydrogen-bond donors (Lipinski definition) is 2. The molecule has 1 fully saturated rings. The number of carboxylic acids is 1. The summed E-state index contributed by atoms with van der Waals surface area (Å²) in [6.07, 6.45) is 3.32. The van der Waals surface area contributed by atoms with Gasteiger partial charge in [-0.2, -0.15) is 0 Å². The largest absolute Gasteiger partial charge is 0.478 e. The van der Waals surface area contributed by atoms with Gasteiger partial charge in [-0.05, 0) is 18.9 Å². The van der Waals surface area contributed by atoms with E-state index in [2.05, 4.69) is 4.98 Å². The van der Waals surface area contributed by atoms with Crippen LogP contribution in [0.1, 0.15) is 23.2 Å². The van der Waals surface area contributed by atoms with Crippen LogP contribution in [0.4, 0.5) is 5.82 Å². The number of aromatic carboxylic acids is 1.